The third-order valence-electron chi connectivity index (χ3n) is 3.38. The van der Waals surface area contributed by atoms with E-state index in [2.05, 4.69) is 26.6 Å². The summed E-state index contributed by atoms with van der Waals surface area (Å²) in [6.07, 6.45) is 0. The molecule has 0 aliphatic rings. The number of rotatable bonds is 4. The van der Waals surface area contributed by atoms with E-state index in [1.54, 1.807) is 25.3 Å². The number of nitro groups is 1. The fraction of sp³-hybridized carbons (Fsp3) is 0.125. The lowest BCUT2D eigenvalue weighted by Gasteiger charge is -2.12. The van der Waals surface area contributed by atoms with Crippen molar-refractivity contribution in [2.45, 2.75) is 6.92 Å². The van der Waals surface area contributed by atoms with Crippen molar-refractivity contribution in [1.29, 1.82) is 0 Å². The molecule has 0 aliphatic heterocycles. The number of nitrogens with one attached hydrogen (secondary N) is 2. The SMILES string of the molecule is COc1ccc(NC(=S)NC(=O)c2cccc([N+](=O)[O-])c2C)cc1Br. The summed E-state index contributed by atoms with van der Waals surface area (Å²) in [6, 6.07) is 9.52. The maximum absolute atomic E-state index is 12.3. The van der Waals surface area contributed by atoms with Crippen LogP contribution >= 0.6 is 28.1 Å². The highest BCUT2D eigenvalue weighted by atomic mass is 79.9. The van der Waals surface area contributed by atoms with E-state index in [9.17, 15) is 14.9 Å². The first kappa shape index (κ1) is 18.8. The zero-order valence-electron chi connectivity index (χ0n) is 13.3. The molecule has 9 heteroatoms. The van der Waals surface area contributed by atoms with Gasteiger partial charge in [-0.2, -0.15) is 0 Å². The van der Waals surface area contributed by atoms with Crippen LogP contribution in [-0.4, -0.2) is 23.1 Å². The van der Waals surface area contributed by atoms with Gasteiger partial charge in [-0.25, -0.2) is 0 Å². The first-order valence-corrected chi connectivity index (χ1v) is 8.23. The standard InChI is InChI=1S/C16H14BrN3O4S/c1-9-11(4-3-5-13(9)20(22)23)15(21)19-16(25)18-10-6-7-14(24-2)12(17)8-10/h3-8H,1-2H3,(H2,18,19,21,25). The van der Waals surface area contributed by atoms with E-state index in [1.807, 2.05) is 0 Å². The number of nitro benzene ring substituents is 1. The molecule has 25 heavy (non-hydrogen) atoms. The third-order valence-corrected chi connectivity index (χ3v) is 4.21. The Balaban J connectivity index is 2.11. The number of hydrogen-bond acceptors (Lipinski definition) is 5. The largest absolute Gasteiger partial charge is 0.496 e. The lowest BCUT2D eigenvalue weighted by Crippen LogP contribution is -2.34. The Morgan fingerprint density at radius 2 is 2.04 bits per heavy atom. The lowest BCUT2D eigenvalue weighted by molar-refractivity contribution is -0.385. The highest BCUT2D eigenvalue weighted by Gasteiger charge is 2.18. The van der Waals surface area contributed by atoms with Crippen LogP contribution in [0.2, 0.25) is 0 Å². The second-order valence-electron chi connectivity index (χ2n) is 4.96. The van der Waals surface area contributed by atoms with Gasteiger partial charge in [-0.3, -0.25) is 20.2 Å². The monoisotopic (exact) mass is 423 g/mol. The molecule has 2 aromatic carbocycles. The van der Waals surface area contributed by atoms with Gasteiger partial charge >= 0.3 is 0 Å². The van der Waals surface area contributed by atoms with Gasteiger partial charge in [0.2, 0.25) is 0 Å². The smallest absolute Gasteiger partial charge is 0.273 e. The number of benzene rings is 2. The highest BCUT2D eigenvalue weighted by molar-refractivity contribution is 9.10. The zero-order chi connectivity index (χ0) is 18.6. The van der Waals surface area contributed by atoms with Crippen LogP contribution in [-0.2, 0) is 0 Å². The molecule has 0 unspecified atom stereocenters. The van der Waals surface area contributed by atoms with Gasteiger partial charge in [-0.15, -0.1) is 0 Å². The number of carbonyl (C=O) groups is 1. The third kappa shape index (κ3) is 4.52. The quantitative estimate of drug-likeness (QED) is 0.441. The molecule has 0 saturated heterocycles. The Bertz CT molecular complexity index is 857. The van der Waals surface area contributed by atoms with E-state index >= 15 is 0 Å². The number of anilines is 1. The van der Waals surface area contributed by atoms with Crippen LogP contribution in [0.25, 0.3) is 0 Å². The van der Waals surface area contributed by atoms with Crippen molar-refractivity contribution in [3.05, 3.63) is 62.1 Å². The summed E-state index contributed by atoms with van der Waals surface area (Å²) >= 11 is 8.48. The topological polar surface area (TPSA) is 93.5 Å². The number of nitrogens with zero attached hydrogens (tertiary/aromatic N) is 1. The number of hydrogen-bond donors (Lipinski definition) is 2. The average Bonchev–Trinajstić information content (AvgIpc) is 2.54. The maximum atomic E-state index is 12.3. The van der Waals surface area contributed by atoms with Crippen molar-refractivity contribution >= 4 is 50.5 Å². The Labute approximate surface area is 157 Å². The van der Waals surface area contributed by atoms with E-state index in [-0.39, 0.29) is 21.9 Å². The summed E-state index contributed by atoms with van der Waals surface area (Å²) in [5.41, 5.74) is 0.994. The molecule has 2 N–H and O–H groups in total. The Hall–Kier alpha value is -2.52. The molecule has 130 valence electrons. The normalized spacial score (nSPS) is 10.0. The molecular weight excluding hydrogens is 410 g/mol. The Kier molecular flexibility index (Phi) is 6.05. The first-order valence-electron chi connectivity index (χ1n) is 7.03. The van der Waals surface area contributed by atoms with Gasteiger partial charge in [0.15, 0.2) is 5.11 Å². The summed E-state index contributed by atoms with van der Waals surface area (Å²) in [6.45, 7) is 1.52. The first-order chi connectivity index (χ1) is 11.8. The summed E-state index contributed by atoms with van der Waals surface area (Å²) in [4.78, 5) is 22.8. The van der Waals surface area contributed by atoms with Crippen LogP contribution in [0.1, 0.15) is 15.9 Å². The lowest BCUT2D eigenvalue weighted by atomic mass is 10.1. The minimum atomic E-state index is -0.530. The minimum Gasteiger partial charge on any atom is -0.496 e. The highest BCUT2D eigenvalue weighted by Crippen LogP contribution is 2.27. The molecule has 0 fully saturated rings. The van der Waals surface area contributed by atoms with E-state index in [0.29, 0.717) is 11.4 Å². The van der Waals surface area contributed by atoms with Gasteiger partial charge in [0.25, 0.3) is 11.6 Å². The Morgan fingerprint density at radius 3 is 2.64 bits per heavy atom. The van der Waals surface area contributed by atoms with Gasteiger partial charge in [0.1, 0.15) is 5.75 Å². The minimum absolute atomic E-state index is 0.0768. The van der Waals surface area contributed by atoms with Crippen molar-refractivity contribution in [3.8, 4) is 5.75 Å². The maximum Gasteiger partial charge on any atom is 0.273 e. The molecule has 0 aliphatic carbocycles. The van der Waals surface area contributed by atoms with Gasteiger partial charge in [-0.1, -0.05) is 6.07 Å². The van der Waals surface area contributed by atoms with Gasteiger partial charge in [-0.05, 0) is 59.3 Å². The van der Waals surface area contributed by atoms with Crippen LogP contribution in [0.3, 0.4) is 0 Å². The van der Waals surface area contributed by atoms with Crippen LogP contribution in [0, 0.1) is 17.0 Å². The summed E-state index contributed by atoms with van der Waals surface area (Å²) in [5.74, 6) is 0.138. The van der Waals surface area contributed by atoms with E-state index in [1.165, 1.54) is 25.1 Å². The molecule has 0 saturated carbocycles. The zero-order valence-corrected chi connectivity index (χ0v) is 15.7. The second kappa shape index (κ2) is 8.04. The number of methoxy groups -OCH3 is 1. The van der Waals surface area contributed by atoms with E-state index in [0.717, 1.165) is 4.47 Å². The number of halogens is 1. The molecule has 2 rings (SSSR count). The van der Waals surface area contributed by atoms with Crippen LogP contribution < -0.4 is 15.4 Å². The summed E-state index contributed by atoms with van der Waals surface area (Å²) in [5, 5.41) is 16.4. The van der Waals surface area contributed by atoms with Crippen molar-refractivity contribution in [1.82, 2.24) is 5.32 Å². The predicted molar refractivity (Wildman–Crippen MR) is 102 cm³/mol. The van der Waals surface area contributed by atoms with Crippen molar-refractivity contribution in [3.63, 3.8) is 0 Å². The van der Waals surface area contributed by atoms with Crippen molar-refractivity contribution < 1.29 is 14.5 Å². The van der Waals surface area contributed by atoms with Crippen LogP contribution in [0.5, 0.6) is 5.75 Å². The van der Waals surface area contributed by atoms with Crippen molar-refractivity contribution in [2.75, 3.05) is 12.4 Å². The molecule has 2 aromatic rings. The number of carbonyl (C=O) groups excluding carboxylic acids is 1. The molecule has 0 heterocycles. The molecule has 0 atom stereocenters. The van der Waals surface area contributed by atoms with Crippen LogP contribution in [0.4, 0.5) is 11.4 Å². The Morgan fingerprint density at radius 1 is 1.32 bits per heavy atom. The summed E-state index contributed by atoms with van der Waals surface area (Å²) in [7, 11) is 1.55. The molecule has 1 amide bonds. The fourth-order valence-corrected chi connectivity index (χ4v) is 2.90. The van der Waals surface area contributed by atoms with Gasteiger partial charge < -0.3 is 10.1 Å². The van der Waals surface area contributed by atoms with Crippen molar-refractivity contribution in [2.24, 2.45) is 0 Å². The number of ether oxygens (including phenoxy) is 1. The molecule has 0 bridgehead atoms. The molecule has 0 radical (unpaired) electrons. The van der Waals surface area contributed by atoms with E-state index in [4.69, 9.17) is 17.0 Å². The number of amides is 1. The predicted octanol–water partition coefficient (Wildman–Crippen LogP) is 3.80. The van der Waals surface area contributed by atoms with E-state index < -0.39 is 10.8 Å². The molecular formula is C16H14BrN3O4S. The van der Waals surface area contributed by atoms with Crippen LogP contribution in [0.15, 0.2) is 40.9 Å². The van der Waals surface area contributed by atoms with Gasteiger partial charge in [0, 0.05) is 22.9 Å². The molecule has 7 nitrogen and oxygen atoms in total. The summed E-state index contributed by atoms with van der Waals surface area (Å²) < 4.78 is 5.86. The molecule has 0 spiro atoms. The average molecular weight is 424 g/mol. The molecule has 0 aromatic heterocycles. The number of thiocarbonyl (C=S) groups is 1. The second-order valence-corrected chi connectivity index (χ2v) is 6.23. The van der Waals surface area contributed by atoms with Gasteiger partial charge in [0.05, 0.1) is 16.5 Å². The fourth-order valence-electron chi connectivity index (χ4n) is 2.14.